The van der Waals surface area contributed by atoms with E-state index in [-0.39, 0.29) is 17.9 Å². The summed E-state index contributed by atoms with van der Waals surface area (Å²) in [5.74, 6) is 0.494. The molecule has 0 fully saturated rings. The molecule has 0 atom stereocenters. The molecule has 0 aliphatic heterocycles. The van der Waals surface area contributed by atoms with Gasteiger partial charge in [-0.3, -0.25) is 9.59 Å². The van der Waals surface area contributed by atoms with Crippen LogP contribution in [0.15, 0.2) is 41.2 Å². The number of aryl methyl sites for hydroxylation is 2. The minimum Gasteiger partial charge on any atom is -0.355 e. The molecule has 0 aliphatic carbocycles. The number of H-pyrrole nitrogens is 1. The lowest BCUT2D eigenvalue weighted by molar-refractivity contribution is -0.120. The van der Waals surface area contributed by atoms with Gasteiger partial charge in [0.05, 0.1) is 17.8 Å². The predicted molar refractivity (Wildman–Crippen MR) is 103 cm³/mol. The van der Waals surface area contributed by atoms with Crippen LogP contribution in [0.5, 0.6) is 0 Å². The predicted octanol–water partition coefficient (Wildman–Crippen LogP) is 1.78. The van der Waals surface area contributed by atoms with Crippen LogP contribution in [0.3, 0.4) is 0 Å². The number of carbonyl (C=O) groups excluding carboxylic acids is 1. The molecule has 2 N–H and O–H groups in total. The minimum absolute atomic E-state index is 0.0798. The largest absolute Gasteiger partial charge is 0.355 e. The average molecular weight is 365 g/mol. The summed E-state index contributed by atoms with van der Waals surface area (Å²) >= 11 is 0. The van der Waals surface area contributed by atoms with Crippen molar-refractivity contribution in [1.82, 2.24) is 25.1 Å². The summed E-state index contributed by atoms with van der Waals surface area (Å²) < 4.78 is 1.86. The van der Waals surface area contributed by atoms with Gasteiger partial charge in [-0.15, -0.1) is 0 Å². The van der Waals surface area contributed by atoms with E-state index in [9.17, 15) is 9.59 Å². The summed E-state index contributed by atoms with van der Waals surface area (Å²) in [6, 6.07) is 11.3. The number of amides is 1. The number of aromatic amines is 1. The molecule has 0 unspecified atom stereocenters. The van der Waals surface area contributed by atoms with E-state index in [0.717, 1.165) is 22.6 Å². The highest BCUT2D eigenvalue weighted by Crippen LogP contribution is 2.18. The SMILES string of the molecule is Cc1cc(=O)[nH]c(CCNC(=O)Cc2c(C)nn(-c3ccccc3)c2C)n1. The van der Waals surface area contributed by atoms with Gasteiger partial charge < -0.3 is 10.3 Å². The van der Waals surface area contributed by atoms with Crippen molar-refractivity contribution < 1.29 is 4.79 Å². The number of hydrogen-bond donors (Lipinski definition) is 2. The molecule has 27 heavy (non-hydrogen) atoms. The number of para-hydroxylation sites is 1. The van der Waals surface area contributed by atoms with Crippen LogP contribution in [-0.2, 0) is 17.6 Å². The smallest absolute Gasteiger partial charge is 0.251 e. The Morgan fingerprint density at radius 1 is 1.19 bits per heavy atom. The quantitative estimate of drug-likeness (QED) is 0.696. The van der Waals surface area contributed by atoms with Gasteiger partial charge in [-0.2, -0.15) is 5.10 Å². The maximum absolute atomic E-state index is 12.3. The second kappa shape index (κ2) is 7.99. The molecule has 1 aromatic carbocycles. The van der Waals surface area contributed by atoms with Crippen LogP contribution in [0, 0.1) is 20.8 Å². The Hall–Kier alpha value is -3.22. The van der Waals surface area contributed by atoms with E-state index in [2.05, 4.69) is 20.4 Å². The summed E-state index contributed by atoms with van der Waals surface area (Å²) in [7, 11) is 0. The van der Waals surface area contributed by atoms with Crippen molar-refractivity contribution in [3.8, 4) is 5.69 Å². The molecular weight excluding hydrogens is 342 g/mol. The maximum atomic E-state index is 12.3. The van der Waals surface area contributed by atoms with Crippen molar-refractivity contribution in [1.29, 1.82) is 0 Å². The van der Waals surface area contributed by atoms with Gasteiger partial charge in [0.1, 0.15) is 5.82 Å². The maximum Gasteiger partial charge on any atom is 0.251 e. The first kappa shape index (κ1) is 18.6. The van der Waals surface area contributed by atoms with Crippen LogP contribution in [0.1, 0.15) is 28.5 Å². The third kappa shape index (κ3) is 4.49. The van der Waals surface area contributed by atoms with E-state index in [1.54, 1.807) is 6.92 Å². The van der Waals surface area contributed by atoms with Crippen molar-refractivity contribution >= 4 is 5.91 Å². The molecule has 140 valence electrons. The second-order valence-corrected chi connectivity index (χ2v) is 6.51. The van der Waals surface area contributed by atoms with Gasteiger partial charge in [0.2, 0.25) is 5.91 Å². The molecule has 7 nitrogen and oxygen atoms in total. The highest BCUT2D eigenvalue weighted by molar-refractivity contribution is 5.79. The second-order valence-electron chi connectivity index (χ2n) is 6.51. The fourth-order valence-corrected chi connectivity index (χ4v) is 3.05. The Morgan fingerprint density at radius 3 is 2.63 bits per heavy atom. The first-order valence-electron chi connectivity index (χ1n) is 8.88. The molecule has 0 radical (unpaired) electrons. The van der Waals surface area contributed by atoms with Crippen molar-refractivity contribution in [2.75, 3.05) is 6.54 Å². The molecular formula is C20H23N5O2. The van der Waals surface area contributed by atoms with Crippen molar-refractivity contribution in [3.05, 3.63) is 75.2 Å². The Balaban J connectivity index is 1.63. The fourth-order valence-electron chi connectivity index (χ4n) is 3.05. The lowest BCUT2D eigenvalue weighted by atomic mass is 10.1. The Bertz CT molecular complexity index is 1000. The zero-order valence-corrected chi connectivity index (χ0v) is 15.7. The average Bonchev–Trinajstić information content (AvgIpc) is 2.90. The van der Waals surface area contributed by atoms with E-state index < -0.39 is 0 Å². The highest BCUT2D eigenvalue weighted by Gasteiger charge is 2.15. The molecule has 7 heteroatoms. The molecule has 0 bridgehead atoms. The van der Waals surface area contributed by atoms with Gasteiger partial charge in [-0.05, 0) is 32.9 Å². The third-order valence-corrected chi connectivity index (χ3v) is 4.38. The van der Waals surface area contributed by atoms with Gasteiger partial charge >= 0.3 is 0 Å². The van der Waals surface area contributed by atoms with Crippen molar-refractivity contribution in [2.45, 2.75) is 33.6 Å². The number of carbonyl (C=O) groups is 1. The van der Waals surface area contributed by atoms with E-state index in [1.165, 1.54) is 6.07 Å². The van der Waals surface area contributed by atoms with E-state index in [4.69, 9.17) is 0 Å². The number of nitrogens with zero attached hydrogens (tertiary/aromatic N) is 3. The van der Waals surface area contributed by atoms with Gasteiger partial charge in [-0.25, -0.2) is 9.67 Å². The topological polar surface area (TPSA) is 92.7 Å². The van der Waals surface area contributed by atoms with E-state index in [0.29, 0.717) is 24.5 Å². The molecule has 3 rings (SSSR count). The first-order valence-corrected chi connectivity index (χ1v) is 8.88. The Labute approximate surface area is 157 Å². The van der Waals surface area contributed by atoms with Gasteiger partial charge in [-0.1, -0.05) is 18.2 Å². The van der Waals surface area contributed by atoms with Crippen molar-refractivity contribution in [2.24, 2.45) is 0 Å². The number of benzene rings is 1. The molecule has 1 amide bonds. The summed E-state index contributed by atoms with van der Waals surface area (Å²) in [5.41, 5.74) is 4.19. The number of rotatable bonds is 6. The minimum atomic E-state index is -0.177. The highest BCUT2D eigenvalue weighted by atomic mass is 16.1. The normalized spacial score (nSPS) is 10.8. The van der Waals surface area contributed by atoms with Crippen LogP contribution in [-0.4, -0.2) is 32.2 Å². The van der Waals surface area contributed by atoms with E-state index in [1.807, 2.05) is 48.9 Å². The van der Waals surface area contributed by atoms with Crippen LogP contribution in [0.25, 0.3) is 5.69 Å². The molecule has 2 aromatic heterocycles. The Morgan fingerprint density at radius 2 is 1.93 bits per heavy atom. The summed E-state index contributed by atoms with van der Waals surface area (Å²) in [6.45, 7) is 6.07. The molecule has 2 heterocycles. The standard InChI is InChI=1S/C20H23N5O2/c1-13-11-20(27)23-18(22-13)9-10-21-19(26)12-17-14(2)24-25(15(17)3)16-7-5-4-6-8-16/h4-8,11H,9-10,12H2,1-3H3,(H,21,26)(H,22,23,27). The van der Waals surface area contributed by atoms with Crippen LogP contribution in [0.2, 0.25) is 0 Å². The summed E-state index contributed by atoms with van der Waals surface area (Å²) in [6.07, 6.45) is 0.742. The lowest BCUT2D eigenvalue weighted by Gasteiger charge is -2.07. The van der Waals surface area contributed by atoms with Crippen LogP contribution >= 0.6 is 0 Å². The molecule has 0 spiro atoms. The monoisotopic (exact) mass is 365 g/mol. The zero-order valence-electron chi connectivity index (χ0n) is 15.7. The number of nitrogens with one attached hydrogen (secondary N) is 2. The first-order chi connectivity index (χ1) is 12.9. The molecule has 0 saturated carbocycles. The third-order valence-electron chi connectivity index (χ3n) is 4.38. The van der Waals surface area contributed by atoms with Crippen LogP contribution in [0.4, 0.5) is 0 Å². The van der Waals surface area contributed by atoms with Gasteiger partial charge in [0, 0.05) is 36.0 Å². The van der Waals surface area contributed by atoms with Gasteiger partial charge in [0.25, 0.3) is 5.56 Å². The lowest BCUT2D eigenvalue weighted by Crippen LogP contribution is -2.28. The number of aromatic nitrogens is 4. The summed E-state index contributed by atoms with van der Waals surface area (Å²) in [4.78, 5) is 30.7. The summed E-state index contributed by atoms with van der Waals surface area (Å²) in [5, 5.41) is 7.45. The molecule has 0 aliphatic rings. The van der Waals surface area contributed by atoms with Crippen LogP contribution < -0.4 is 10.9 Å². The molecule has 0 saturated heterocycles. The van der Waals surface area contributed by atoms with E-state index >= 15 is 0 Å². The number of hydrogen-bond acceptors (Lipinski definition) is 4. The molecule has 3 aromatic rings. The van der Waals surface area contributed by atoms with Gasteiger partial charge in [0.15, 0.2) is 0 Å². The zero-order chi connectivity index (χ0) is 19.4. The Kier molecular flexibility index (Phi) is 5.49. The van der Waals surface area contributed by atoms with Crippen molar-refractivity contribution in [3.63, 3.8) is 0 Å². The fraction of sp³-hybridized carbons (Fsp3) is 0.300.